The molecule has 0 aromatic heterocycles. The molecule has 0 spiro atoms. The lowest BCUT2D eigenvalue weighted by molar-refractivity contribution is -0.384. The minimum Gasteiger partial charge on any atom is -0.369 e. The molecule has 1 N–H and O–H groups in total. The van der Waals surface area contributed by atoms with Crippen molar-refractivity contribution in [2.45, 2.75) is 6.42 Å². The van der Waals surface area contributed by atoms with Crippen LogP contribution in [0.5, 0.6) is 0 Å². The number of nitrogens with zero attached hydrogens (tertiary/aromatic N) is 3. The average molecular weight is 433 g/mol. The third-order valence-electron chi connectivity index (χ3n) is 4.58. The summed E-state index contributed by atoms with van der Waals surface area (Å²) in [5.74, 6) is 0.00937. The third-order valence-corrected chi connectivity index (χ3v) is 5.11. The summed E-state index contributed by atoms with van der Waals surface area (Å²) in [5, 5.41) is 13.6. The number of carbonyl (C=O) groups is 1. The highest BCUT2D eigenvalue weighted by Crippen LogP contribution is 2.20. The van der Waals surface area contributed by atoms with Gasteiger partial charge in [0.2, 0.25) is 5.91 Å². The molecular weight excluding hydrogens is 412 g/mol. The Labute approximate surface area is 166 Å². The van der Waals surface area contributed by atoms with E-state index in [0.717, 1.165) is 48.6 Å². The van der Waals surface area contributed by atoms with Crippen LogP contribution in [0.1, 0.15) is 6.42 Å². The van der Waals surface area contributed by atoms with Crippen LogP contribution in [0.15, 0.2) is 53.0 Å². The van der Waals surface area contributed by atoms with Crippen molar-refractivity contribution in [3.05, 3.63) is 63.1 Å². The number of benzene rings is 2. The van der Waals surface area contributed by atoms with E-state index in [1.807, 2.05) is 24.3 Å². The fraction of sp³-hybridized carbons (Fsp3) is 0.316. The Morgan fingerprint density at radius 3 is 2.26 bits per heavy atom. The summed E-state index contributed by atoms with van der Waals surface area (Å²) < 4.78 is 0.978. The summed E-state index contributed by atoms with van der Waals surface area (Å²) in [6.45, 7) is 4.12. The first kappa shape index (κ1) is 19.3. The standard InChI is InChI=1S/C19H21BrN4O3/c20-15-1-3-16(4-2-15)21-19(25)9-10-22-11-13-23(14-12-22)17-5-7-18(8-6-17)24(26)27/h1-8H,9-14H2,(H,21,25). The average Bonchev–Trinajstić information content (AvgIpc) is 2.69. The third kappa shape index (κ3) is 5.51. The van der Waals surface area contributed by atoms with Crippen molar-refractivity contribution in [2.24, 2.45) is 0 Å². The SMILES string of the molecule is O=C(CCN1CCN(c2ccc([N+](=O)[O-])cc2)CC1)Nc1ccc(Br)cc1. The number of hydrogen-bond acceptors (Lipinski definition) is 5. The molecule has 0 aliphatic carbocycles. The van der Waals surface area contributed by atoms with E-state index in [9.17, 15) is 14.9 Å². The lowest BCUT2D eigenvalue weighted by Crippen LogP contribution is -2.47. The number of amides is 1. The Hall–Kier alpha value is -2.45. The summed E-state index contributed by atoms with van der Waals surface area (Å²) >= 11 is 3.37. The van der Waals surface area contributed by atoms with E-state index in [-0.39, 0.29) is 16.5 Å². The largest absolute Gasteiger partial charge is 0.369 e. The van der Waals surface area contributed by atoms with Crippen molar-refractivity contribution >= 4 is 38.9 Å². The van der Waals surface area contributed by atoms with Crippen molar-refractivity contribution in [3.8, 4) is 0 Å². The molecule has 2 aromatic rings. The van der Waals surface area contributed by atoms with Gasteiger partial charge in [0.05, 0.1) is 4.92 Å². The van der Waals surface area contributed by atoms with Gasteiger partial charge in [-0.25, -0.2) is 0 Å². The predicted octanol–water partition coefficient (Wildman–Crippen LogP) is 3.51. The molecule has 27 heavy (non-hydrogen) atoms. The molecular formula is C19H21BrN4O3. The maximum absolute atomic E-state index is 12.1. The number of non-ortho nitro benzene ring substituents is 1. The smallest absolute Gasteiger partial charge is 0.269 e. The van der Waals surface area contributed by atoms with Crippen LogP contribution in [0.4, 0.5) is 17.1 Å². The van der Waals surface area contributed by atoms with E-state index >= 15 is 0 Å². The molecule has 142 valence electrons. The van der Waals surface area contributed by atoms with Gasteiger partial charge >= 0.3 is 0 Å². The fourth-order valence-electron chi connectivity index (χ4n) is 3.03. The highest BCUT2D eigenvalue weighted by molar-refractivity contribution is 9.10. The second-order valence-electron chi connectivity index (χ2n) is 6.41. The number of carbonyl (C=O) groups excluding carboxylic acids is 1. The number of nitro benzene ring substituents is 1. The summed E-state index contributed by atoms with van der Waals surface area (Å²) in [5.41, 5.74) is 1.90. The number of rotatable bonds is 6. The first-order valence-corrected chi connectivity index (χ1v) is 9.58. The van der Waals surface area contributed by atoms with Gasteiger partial charge in [-0.3, -0.25) is 19.8 Å². The number of nitrogens with one attached hydrogen (secondary N) is 1. The van der Waals surface area contributed by atoms with Crippen molar-refractivity contribution in [1.29, 1.82) is 0 Å². The molecule has 0 bridgehead atoms. The van der Waals surface area contributed by atoms with Gasteiger partial charge < -0.3 is 10.2 Å². The molecule has 1 amide bonds. The number of anilines is 2. The van der Waals surface area contributed by atoms with Gasteiger partial charge in [0.25, 0.3) is 5.69 Å². The van der Waals surface area contributed by atoms with Crippen LogP contribution in [0.3, 0.4) is 0 Å². The second kappa shape index (κ2) is 8.96. The lowest BCUT2D eigenvalue weighted by atomic mass is 10.2. The first-order chi connectivity index (χ1) is 13.0. The minimum absolute atomic E-state index is 0.00937. The molecule has 1 saturated heterocycles. The molecule has 0 radical (unpaired) electrons. The number of halogens is 1. The molecule has 2 aromatic carbocycles. The van der Waals surface area contributed by atoms with Gasteiger partial charge in [0.1, 0.15) is 0 Å². The summed E-state index contributed by atoms with van der Waals surface area (Å²) in [7, 11) is 0. The van der Waals surface area contributed by atoms with Crippen molar-refractivity contribution in [2.75, 3.05) is 42.9 Å². The Morgan fingerprint density at radius 2 is 1.67 bits per heavy atom. The van der Waals surface area contributed by atoms with Crippen LogP contribution in [0.2, 0.25) is 0 Å². The molecule has 1 fully saturated rings. The Kier molecular flexibility index (Phi) is 6.41. The van der Waals surface area contributed by atoms with Crippen LogP contribution >= 0.6 is 15.9 Å². The van der Waals surface area contributed by atoms with Crippen LogP contribution < -0.4 is 10.2 Å². The van der Waals surface area contributed by atoms with Crippen molar-refractivity contribution in [1.82, 2.24) is 4.90 Å². The van der Waals surface area contributed by atoms with E-state index in [1.165, 1.54) is 12.1 Å². The normalized spacial score (nSPS) is 14.8. The Bertz CT molecular complexity index is 788. The molecule has 1 heterocycles. The van der Waals surface area contributed by atoms with Crippen LogP contribution in [-0.4, -0.2) is 48.5 Å². The molecule has 1 aliphatic heterocycles. The first-order valence-electron chi connectivity index (χ1n) is 8.78. The zero-order valence-electron chi connectivity index (χ0n) is 14.8. The molecule has 8 heteroatoms. The minimum atomic E-state index is -0.388. The van der Waals surface area contributed by atoms with Crippen LogP contribution in [0, 0.1) is 10.1 Å². The highest BCUT2D eigenvalue weighted by Gasteiger charge is 2.18. The molecule has 0 atom stereocenters. The summed E-state index contributed by atoms with van der Waals surface area (Å²) in [6.07, 6.45) is 0.452. The van der Waals surface area contributed by atoms with Gasteiger partial charge in [-0.2, -0.15) is 0 Å². The summed E-state index contributed by atoms with van der Waals surface area (Å²) in [6, 6.07) is 14.2. The van der Waals surface area contributed by atoms with Gasteiger partial charge in [-0.1, -0.05) is 15.9 Å². The fourth-order valence-corrected chi connectivity index (χ4v) is 3.30. The van der Waals surface area contributed by atoms with E-state index < -0.39 is 0 Å². The lowest BCUT2D eigenvalue weighted by Gasteiger charge is -2.36. The zero-order chi connectivity index (χ0) is 19.2. The number of piperazine rings is 1. The van der Waals surface area contributed by atoms with Gasteiger partial charge in [0, 0.05) is 67.1 Å². The number of hydrogen-bond donors (Lipinski definition) is 1. The molecule has 1 aliphatic rings. The van der Waals surface area contributed by atoms with E-state index in [1.54, 1.807) is 12.1 Å². The van der Waals surface area contributed by atoms with Gasteiger partial charge in [-0.15, -0.1) is 0 Å². The topological polar surface area (TPSA) is 78.7 Å². The maximum Gasteiger partial charge on any atom is 0.269 e. The predicted molar refractivity (Wildman–Crippen MR) is 109 cm³/mol. The Balaban J connectivity index is 1.42. The second-order valence-corrected chi connectivity index (χ2v) is 7.32. The molecule has 3 rings (SSSR count). The number of nitro groups is 1. The Morgan fingerprint density at radius 1 is 1.04 bits per heavy atom. The van der Waals surface area contributed by atoms with E-state index in [2.05, 4.69) is 31.0 Å². The van der Waals surface area contributed by atoms with Crippen LogP contribution in [-0.2, 0) is 4.79 Å². The molecule has 0 saturated carbocycles. The van der Waals surface area contributed by atoms with Gasteiger partial charge in [-0.05, 0) is 36.4 Å². The molecule has 7 nitrogen and oxygen atoms in total. The monoisotopic (exact) mass is 432 g/mol. The van der Waals surface area contributed by atoms with Crippen molar-refractivity contribution < 1.29 is 9.72 Å². The van der Waals surface area contributed by atoms with E-state index in [0.29, 0.717) is 6.42 Å². The summed E-state index contributed by atoms with van der Waals surface area (Å²) in [4.78, 5) is 26.9. The highest BCUT2D eigenvalue weighted by atomic mass is 79.9. The van der Waals surface area contributed by atoms with Gasteiger partial charge in [0.15, 0.2) is 0 Å². The van der Waals surface area contributed by atoms with E-state index in [4.69, 9.17) is 0 Å². The molecule has 0 unspecified atom stereocenters. The van der Waals surface area contributed by atoms with Crippen LogP contribution in [0.25, 0.3) is 0 Å². The van der Waals surface area contributed by atoms with Crippen molar-refractivity contribution in [3.63, 3.8) is 0 Å². The zero-order valence-corrected chi connectivity index (χ0v) is 16.4. The maximum atomic E-state index is 12.1. The quantitative estimate of drug-likeness (QED) is 0.557.